The number of benzene rings is 1. The van der Waals surface area contributed by atoms with Crippen molar-refractivity contribution in [2.45, 2.75) is 38.3 Å². The van der Waals surface area contributed by atoms with Crippen molar-refractivity contribution in [1.82, 2.24) is 5.32 Å². The molecule has 19 heavy (non-hydrogen) atoms. The smallest absolute Gasteiger partial charge is 0.0842 e. The molecule has 0 saturated heterocycles. The van der Waals surface area contributed by atoms with Gasteiger partial charge in [0.15, 0.2) is 0 Å². The highest BCUT2D eigenvalue weighted by Gasteiger charge is 2.23. The average Bonchev–Trinajstić information content (AvgIpc) is 2.46. The second kappa shape index (κ2) is 7.63. The number of hydrogen-bond donors (Lipinski definition) is 1. The zero-order chi connectivity index (χ0) is 13.5. The van der Waals surface area contributed by atoms with Gasteiger partial charge in [0.1, 0.15) is 0 Å². The Morgan fingerprint density at radius 3 is 3.05 bits per heavy atom. The molecule has 2 unspecified atom stereocenters. The van der Waals surface area contributed by atoms with Crippen molar-refractivity contribution >= 4 is 0 Å². The molecule has 0 spiro atoms. The Bertz CT molecular complexity index is 381. The molecule has 2 atom stereocenters. The lowest BCUT2D eigenvalue weighted by Crippen LogP contribution is -2.31. The summed E-state index contributed by atoms with van der Waals surface area (Å²) in [5.41, 5.74) is 2.81. The summed E-state index contributed by atoms with van der Waals surface area (Å²) in [6, 6.07) is 9.09. The van der Waals surface area contributed by atoms with E-state index in [9.17, 15) is 0 Å². The van der Waals surface area contributed by atoms with Gasteiger partial charge in [0.2, 0.25) is 0 Å². The summed E-state index contributed by atoms with van der Waals surface area (Å²) in [5.74, 6) is 0. The summed E-state index contributed by atoms with van der Waals surface area (Å²) in [7, 11) is 2.02. The molecule has 3 nitrogen and oxygen atoms in total. The van der Waals surface area contributed by atoms with Crippen LogP contribution < -0.4 is 5.32 Å². The normalized spacial score (nSPS) is 20.0. The first-order valence-electron chi connectivity index (χ1n) is 7.29. The van der Waals surface area contributed by atoms with Crippen LogP contribution >= 0.6 is 0 Å². The number of nitrogens with one attached hydrogen (secondary N) is 1. The second-order valence-electron chi connectivity index (χ2n) is 5.02. The molecule has 1 aromatic carbocycles. The van der Waals surface area contributed by atoms with Crippen molar-refractivity contribution in [3.63, 3.8) is 0 Å². The molecule has 0 aliphatic carbocycles. The molecular formula is C16H25NO2. The maximum Gasteiger partial charge on any atom is 0.0842 e. The first kappa shape index (κ1) is 14.5. The van der Waals surface area contributed by atoms with Gasteiger partial charge in [-0.2, -0.15) is 0 Å². The minimum absolute atomic E-state index is 0.226. The van der Waals surface area contributed by atoms with Gasteiger partial charge in [-0.1, -0.05) is 24.3 Å². The van der Waals surface area contributed by atoms with E-state index in [0.717, 1.165) is 39.1 Å². The molecule has 106 valence electrons. The van der Waals surface area contributed by atoms with E-state index in [4.69, 9.17) is 9.47 Å². The van der Waals surface area contributed by atoms with Gasteiger partial charge >= 0.3 is 0 Å². The molecule has 1 N–H and O–H groups in total. The predicted octanol–water partition coefficient (Wildman–Crippen LogP) is 2.71. The van der Waals surface area contributed by atoms with Crippen molar-refractivity contribution in [2.24, 2.45) is 0 Å². The minimum atomic E-state index is 0.226. The largest absolute Gasteiger partial charge is 0.382 e. The summed E-state index contributed by atoms with van der Waals surface area (Å²) < 4.78 is 11.4. The van der Waals surface area contributed by atoms with Crippen LogP contribution in [0.25, 0.3) is 0 Å². The predicted molar refractivity (Wildman–Crippen MR) is 77.4 cm³/mol. The van der Waals surface area contributed by atoms with Crippen molar-refractivity contribution in [1.29, 1.82) is 0 Å². The molecule has 0 saturated carbocycles. The van der Waals surface area contributed by atoms with Crippen LogP contribution in [0.4, 0.5) is 0 Å². The van der Waals surface area contributed by atoms with Gasteiger partial charge < -0.3 is 14.8 Å². The first-order chi connectivity index (χ1) is 9.35. The zero-order valence-electron chi connectivity index (χ0n) is 12.0. The van der Waals surface area contributed by atoms with Crippen LogP contribution in [0, 0.1) is 0 Å². The SMILES string of the molecule is CCOCCC(CC1OCCc2ccccc21)NC. The Kier molecular flexibility index (Phi) is 5.83. The maximum atomic E-state index is 5.96. The van der Waals surface area contributed by atoms with Gasteiger partial charge in [0, 0.05) is 19.3 Å². The molecule has 0 amide bonds. The van der Waals surface area contributed by atoms with Crippen LogP contribution in [-0.4, -0.2) is 32.9 Å². The van der Waals surface area contributed by atoms with Crippen molar-refractivity contribution < 1.29 is 9.47 Å². The van der Waals surface area contributed by atoms with E-state index in [1.54, 1.807) is 0 Å². The number of hydrogen-bond acceptors (Lipinski definition) is 3. The zero-order valence-corrected chi connectivity index (χ0v) is 12.0. The lowest BCUT2D eigenvalue weighted by molar-refractivity contribution is 0.0265. The molecule has 0 bridgehead atoms. The van der Waals surface area contributed by atoms with Crippen molar-refractivity contribution in [3.05, 3.63) is 35.4 Å². The third kappa shape index (κ3) is 4.03. The fourth-order valence-corrected chi connectivity index (χ4v) is 2.68. The Balaban J connectivity index is 1.94. The van der Waals surface area contributed by atoms with Gasteiger partial charge in [0.05, 0.1) is 12.7 Å². The molecule has 2 rings (SSSR count). The molecule has 0 fully saturated rings. The Labute approximate surface area is 116 Å². The summed E-state index contributed by atoms with van der Waals surface area (Å²) in [4.78, 5) is 0. The van der Waals surface area contributed by atoms with E-state index in [1.165, 1.54) is 11.1 Å². The van der Waals surface area contributed by atoms with Gasteiger partial charge in [0.25, 0.3) is 0 Å². The van der Waals surface area contributed by atoms with Crippen molar-refractivity contribution in [3.8, 4) is 0 Å². The van der Waals surface area contributed by atoms with Crippen LogP contribution in [0.2, 0.25) is 0 Å². The number of fused-ring (bicyclic) bond motifs is 1. The Morgan fingerprint density at radius 2 is 2.26 bits per heavy atom. The summed E-state index contributed by atoms with van der Waals surface area (Å²) in [6.07, 6.45) is 3.31. The van der Waals surface area contributed by atoms with Gasteiger partial charge in [-0.05, 0) is 44.4 Å². The van der Waals surface area contributed by atoms with Crippen molar-refractivity contribution in [2.75, 3.05) is 26.9 Å². The lowest BCUT2D eigenvalue weighted by Gasteiger charge is -2.29. The highest BCUT2D eigenvalue weighted by Crippen LogP contribution is 2.30. The van der Waals surface area contributed by atoms with E-state index in [1.807, 2.05) is 14.0 Å². The quantitative estimate of drug-likeness (QED) is 0.767. The summed E-state index contributed by atoms with van der Waals surface area (Å²) >= 11 is 0. The Morgan fingerprint density at radius 1 is 1.42 bits per heavy atom. The fraction of sp³-hybridized carbons (Fsp3) is 0.625. The van der Waals surface area contributed by atoms with Crippen LogP contribution in [0.5, 0.6) is 0 Å². The van der Waals surface area contributed by atoms with E-state index < -0.39 is 0 Å². The van der Waals surface area contributed by atoms with Crippen LogP contribution in [0.3, 0.4) is 0 Å². The van der Waals surface area contributed by atoms with E-state index >= 15 is 0 Å². The topological polar surface area (TPSA) is 30.5 Å². The highest BCUT2D eigenvalue weighted by molar-refractivity contribution is 5.31. The average molecular weight is 263 g/mol. The van der Waals surface area contributed by atoms with E-state index in [-0.39, 0.29) is 6.10 Å². The van der Waals surface area contributed by atoms with Crippen LogP contribution in [-0.2, 0) is 15.9 Å². The van der Waals surface area contributed by atoms with Gasteiger partial charge in [-0.25, -0.2) is 0 Å². The molecule has 0 radical (unpaired) electrons. The van der Waals surface area contributed by atoms with Crippen LogP contribution in [0.15, 0.2) is 24.3 Å². The minimum Gasteiger partial charge on any atom is -0.382 e. The monoisotopic (exact) mass is 263 g/mol. The molecule has 1 heterocycles. The summed E-state index contributed by atoms with van der Waals surface area (Å²) in [6.45, 7) is 4.48. The Hall–Kier alpha value is -0.900. The van der Waals surface area contributed by atoms with Crippen LogP contribution in [0.1, 0.15) is 37.0 Å². The molecule has 1 aliphatic rings. The van der Waals surface area contributed by atoms with E-state index in [2.05, 4.69) is 29.6 Å². The second-order valence-corrected chi connectivity index (χ2v) is 5.02. The molecule has 3 heteroatoms. The first-order valence-corrected chi connectivity index (χ1v) is 7.29. The summed E-state index contributed by atoms with van der Waals surface area (Å²) in [5, 5.41) is 3.38. The maximum absolute atomic E-state index is 5.96. The van der Waals surface area contributed by atoms with Gasteiger partial charge in [-0.15, -0.1) is 0 Å². The molecular weight excluding hydrogens is 238 g/mol. The lowest BCUT2D eigenvalue weighted by atomic mass is 9.93. The third-order valence-electron chi connectivity index (χ3n) is 3.81. The number of rotatable bonds is 7. The molecule has 1 aliphatic heterocycles. The molecule has 1 aromatic rings. The standard InChI is InChI=1S/C16H25NO2/c1-3-18-10-9-14(17-2)12-16-15-7-5-4-6-13(15)8-11-19-16/h4-7,14,16-17H,3,8-12H2,1-2H3. The van der Waals surface area contributed by atoms with Gasteiger partial charge in [-0.3, -0.25) is 0 Å². The third-order valence-corrected chi connectivity index (χ3v) is 3.81. The molecule has 0 aromatic heterocycles. The number of ether oxygens (including phenoxy) is 2. The van der Waals surface area contributed by atoms with E-state index in [0.29, 0.717) is 6.04 Å². The highest BCUT2D eigenvalue weighted by atomic mass is 16.5. The fourth-order valence-electron chi connectivity index (χ4n) is 2.68.